The molecule has 0 fully saturated rings. The Morgan fingerprint density at radius 2 is 1.92 bits per heavy atom. The number of anilines is 1. The zero-order valence-corrected chi connectivity index (χ0v) is 8.75. The standard InChI is InChI=1S/C11H14ClN/c1-10-4-6-11(7-5-10)13(2)9-3-8-12/h3-8H,9H2,1-2H3/b8-3+. The molecule has 2 heteroatoms. The van der Waals surface area contributed by atoms with Gasteiger partial charge >= 0.3 is 0 Å². The Balaban J connectivity index is 2.66. The number of nitrogens with zero attached hydrogens (tertiary/aromatic N) is 1. The lowest BCUT2D eigenvalue weighted by Gasteiger charge is -2.16. The van der Waals surface area contributed by atoms with Gasteiger partial charge in [-0.05, 0) is 19.1 Å². The Morgan fingerprint density at radius 3 is 2.46 bits per heavy atom. The van der Waals surface area contributed by atoms with Crippen molar-refractivity contribution in [2.45, 2.75) is 6.92 Å². The number of hydrogen-bond donors (Lipinski definition) is 0. The Bertz CT molecular complexity index is 277. The molecule has 70 valence electrons. The molecule has 0 heterocycles. The summed E-state index contributed by atoms with van der Waals surface area (Å²) >= 11 is 5.45. The zero-order valence-electron chi connectivity index (χ0n) is 8.00. The van der Waals surface area contributed by atoms with E-state index in [0.29, 0.717) is 0 Å². The molecule has 0 aromatic heterocycles. The summed E-state index contributed by atoms with van der Waals surface area (Å²) in [4.78, 5) is 2.14. The van der Waals surface area contributed by atoms with Crippen LogP contribution in [-0.4, -0.2) is 13.6 Å². The van der Waals surface area contributed by atoms with Gasteiger partial charge in [0.05, 0.1) is 0 Å². The van der Waals surface area contributed by atoms with Crippen LogP contribution in [0.2, 0.25) is 0 Å². The lowest BCUT2D eigenvalue weighted by atomic mass is 10.2. The second-order valence-electron chi connectivity index (χ2n) is 3.08. The predicted molar refractivity (Wildman–Crippen MR) is 59.4 cm³/mol. The first-order valence-corrected chi connectivity index (χ1v) is 4.70. The summed E-state index contributed by atoms with van der Waals surface area (Å²) in [5.74, 6) is 0. The Kier molecular flexibility index (Phi) is 3.84. The van der Waals surface area contributed by atoms with Crippen LogP contribution in [0.3, 0.4) is 0 Å². The average molecular weight is 196 g/mol. The number of likely N-dealkylation sites (N-methyl/N-ethyl adjacent to an activating group) is 1. The molecular weight excluding hydrogens is 182 g/mol. The van der Waals surface area contributed by atoms with Crippen molar-refractivity contribution in [2.24, 2.45) is 0 Å². The molecular formula is C11H14ClN. The fourth-order valence-electron chi connectivity index (χ4n) is 1.10. The van der Waals surface area contributed by atoms with Crippen LogP contribution in [0.15, 0.2) is 35.9 Å². The van der Waals surface area contributed by atoms with Gasteiger partial charge in [0.1, 0.15) is 0 Å². The maximum Gasteiger partial charge on any atom is 0.0367 e. The van der Waals surface area contributed by atoms with Gasteiger partial charge in [-0.15, -0.1) is 0 Å². The van der Waals surface area contributed by atoms with Crippen LogP contribution in [0, 0.1) is 6.92 Å². The second-order valence-corrected chi connectivity index (χ2v) is 3.33. The Morgan fingerprint density at radius 1 is 1.31 bits per heavy atom. The van der Waals surface area contributed by atoms with E-state index in [1.807, 2.05) is 13.1 Å². The lowest BCUT2D eigenvalue weighted by Crippen LogP contribution is -2.16. The van der Waals surface area contributed by atoms with Crippen molar-refractivity contribution in [3.05, 3.63) is 41.4 Å². The molecule has 0 radical (unpaired) electrons. The molecule has 0 bridgehead atoms. The largest absolute Gasteiger partial charge is 0.371 e. The molecule has 0 N–H and O–H groups in total. The predicted octanol–water partition coefficient (Wildman–Crippen LogP) is 3.18. The van der Waals surface area contributed by atoms with Gasteiger partial charge in [0.2, 0.25) is 0 Å². The van der Waals surface area contributed by atoms with Crippen LogP contribution in [0.1, 0.15) is 5.56 Å². The van der Waals surface area contributed by atoms with Crippen LogP contribution in [0.25, 0.3) is 0 Å². The Hall–Kier alpha value is -0.950. The third-order valence-corrected chi connectivity index (χ3v) is 2.12. The monoisotopic (exact) mass is 195 g/mol. The third-order valence-electron chi connectivity index (χ3n) is 1.94. The van der Waals surface area contributed by atoms with E-state index in [-0.39, 0.29) is 0 Å². The highest BCUT2D eigenvalue weighted by molar-refractivity contribution is 6.25. The van der Waals surface area contributed by atoms with Gasteiger partial charge in [0, 0.05) is 24.8 Å². The summed E-state index contributed by atoms with van der Waals surface area (Å²) in [6.07, 6.45) is 1.92. The molecule has 0 saturated heterocycles. The normalized spacial score (nSPS) is 10.7. The number of aryl methyl sites for hydroxylation is 1. The molecule has 0 unspecified atom stereocenters. The first kappa shape index (κ1) is 10.1. The van der Waals surface area contributed by atoms with E-state index in [1.165, 1.54) is 11.3 Å². The molecule has 1 aromatic carbocycles. The summed E-state index contributed by atoms with van der Waals surface area (Å²) in [6.45, 7) is 2.93. The van der Waals surface area contributed by atoms with E-state index in [0.717, 1.165) is 6.54 Å². The number of halogens is 1. The molecule has 0 spiro atoms. The Labute approximate surface area is 84.6 Å². The summed E-state index contributed by atoms with van der Waals surface area (Å²) in [5, 5.41) is 0. The van der Waals surface area contributed by atoms with E-state index >= 15 is 0 Å². The maximum atomic E-state index is 5.45. The highest BCUT2D eigenvalue weighted by atomic mass is 35.5. The van der Waals surface area contributed by atoms with E-state index in [4.69, 9.17) is 11.6 Å². The van der Waals surface area contributed by atoms with Crippen LogP contribution >= 0.6 is 11.6 Å². The summed E-state index contributed by atoms with van der Waals surface area (Å²) < 4.78 is 0. The molecule has 0 aliphatic carbocycles. The molecule has 13 heavy (non-hydrogen) atoms. The van der Waals surface area contributed by atoms with Gasteiger partial charge in [-0.25, -0.2) is 0 Å². The van der Waals surface area contributed by atoms with Gasteiger partial charge in [0.15, 0.2) is 0 Å². The molecule has 0 aliphatic heterocycles. The maximum absolute atomic E-state index is 5.45. The fraction of sp³-hybridized carbons (Fsp3) is 0.273. The van der Waals surface area contributed by atoms with Crippen molar-refractivity contribution in [2.75, 3.05) is 18.5 Å². The van der Waals surface area contributed by atoms with Gasteiger partial charge in [-0.1, -0.05) is 35.4 Å². The number of benzene rings is 1. The number of hydrogen-bond acceptors (Lipinski definition) is 1. The molecule has 0 amide bonds. The third kappa shape index (κ3) is 3.11. The quantitative estimate of drug-likeness (QED) is 0.716. The number of rotatable bonds is 3. The summed E-state index contributed by atoms with van der Waals surface area (Å²) in [6, 6.07) is 8.43. The van der Waals surface area contributed by atoms with Crippen LogP contribution in [0.4, 0.5) is 5.69 Å². The summed E-state index contributed by atoms with van der Waals surface area (Å²) in [5.41, 5.74) is 4.04. The van der Waals surface area contributed by atoms with E-state index in [2.05, 4.69) is 36.1 Å². The van der Waals surface area contributed by atoms with Crippen molar-refractivity contribution >= 4 is 17.3 Å². The van der Waals surface area contributed by atoms with Gasteiger partial charge in [-0.3, -0.25) is 0 Å². The topological polar surface area (TPSA) is 3.24 Å². The molecule has 0 atom stereocenters. The highest BCUT2D eigenvalue weighted by Gasteiger charge is 1.96. The van der Waals surface area contributed by atoms with E-state index in [9.17, 15) is 0 Å². The van der Waals surface area contributed by atoms with Gasteiger partial charge in [0.25, 0.3) is 0 Å². The SMILES string of the molecule is Cc1ccc(N(C)C/C=C/Cl)cc1. The van der Waals surface area contributed by atoms with Crippen LogP contribution in [0.5, 0.6) is 0 Å². The first-order valence-electron chi connectivity index (χ1n) is 4.27. The van der Waals surface area contributed by atoms with Gasteiger partial charge < -0.3 is 4.90 Å². The average Bonchev–Trinajstić information content (AvgIpc) is 2.15. The van der Waals surface area contributed by atoms with Crippen molar-refractivity contribution in [1.82, 2.24) is 0 Å². The van der Waals surface area contributed by atoms with Crippen LogP contribution in [-0.2, 0) is 0 Å². The van der Waals surface area contributed by atoms with Crippen molar-refractivity contribution in [3.8, 4) is 0 Å². The van der Waals surface area contributed by atoms with Crippen molar-refractivity contribution in [1.29, 1.82) is 0 Å². The molecule has 1 nitrogen and oxygen atoms in total. The van der Waals surface area contributed by atoms with Crippen molar-refractivity contribution < 1.29 is 0 Å². The zero-order chi connectivity index (χ0) is 9.68. The lowest BCUT2D eigenvalue weighted by molar-refractivity contribution is 1.03. The molecule has 0 aliphatic rings. The minimum Gasteiger partial charge on any atom is -0.371 e. The van der Waals surface area contributed by atoms with Crippen LogP contribution < -0.4 is 4.90 Å². The van der Waals surface area contributed by atoms with E-state index in [1.54, 1.807) is 5.54 Å². The molecule has 1 rings (SSSR count). The second kappa shape index (κ2) is 4.93. The van der Waals surface area contributed by atoms with Crippen molar-refractivity contribution in [3.63, 3.8) is 0 Å². The smallest absolute Gasteiger partial charge is 0.0367 e. The minimum absolute atomic E-state index is 0.840. The highest BCUT2D eigenvalue weighted by Crippen LogP contribution is 2.12. The molecule has 1 aromatic rings. The first-order chi connectivity index (χ1) is 6.24. The van der Waals surface area contributed by atoms with E-state index < -0.39 is 0 Å². The summed E-state index contributed by atoms with van der Waals surface area (Å²) in [7, 11) is 2.04. The molecule has 0 saturated carbocycles. The minimum atomic E-state index is 0.840. The van der Waals surface area contributed by atoms with Gasteiger partial charge in [-0.2, -0.15) is 0 Å². The fourth-order valence-corrected chi connectivity index (χ4v) is 1.18.